The fourth-order valence-corrected chi connectivity index (χ4v) is 3.70. The highest BCUT2D eigenvalue weighted by Gasteiger charge is 2.40. The Balaban J connectivity index is 3.45. The quantitative estimate of drug-likeness (QED) is 0.821. The first-order valence-electron chi connectivity index (χ1n) is 5.84. The molecular weight excluding hydrogens is 394 g/mol. The van der Waals surface area contributed by atoms with Crippen LogP contribution in [0, 0.1) is 6.92 Å². The number of hydrogen-bond acceptors (Lipinski definition) is 3. The van der Waals surface area contributed by atoms with Crippen LogP contribution in [0.5, 0.6) is 0 Å². The summed E-state index contributed by atoms with van der Waals surface area (Å²) >= 11 is 7.02. The predicted octanol–water partition coefficient (Wildman–Crippen LogP) is 3.60. The van der Waals surface area contributed by atoms with Gasteiger partial charge in [0.15, 0.2) is 9.84 Å². The molecule has 19 heavy (non-hydrogen) atoms. The molecule has 0 aliphatic heterocycles. The molecule has 0 amide bonds. The van der Waals surface area contributed by atoms with Gasteiger partial charge in [-0.05, 0) is 51.1 Å². The van der Waals surface area contributed by atoms with Crippen molar-refractivity contribution >= 4 is 41.7 Å². The van der Waals surface area contributed by atoms with E-state index in [1.807, 2.05) is 19.1 Å². The van der Waals surface area contributed by atoms with Crippen LogP contribution in [-0.2, 0) is 9.84 Å². The highest BCUT2D eigenvalue weighted by Crippen LogP contribution is 2.37. The third kappa shape index (κ3) is 3.40. The molecule has 0 fully saturated rings. The van der Waals surface area contributed by atoms with Crippen molar-refractivity contribution in [2.45, 2.75) is 31.6 Å². The number of hydrogen-bond donors (Lipinski definition) is 1. The van der Waals surface area contributed by atoms with E-state index < -0.39 is 14.6 Å². The topological polar surface area (TPSA) is 46.2 Å². The van der Waals surface area contributed by atoms with E-state index in [0.29, 0.717) is 0 Å². The van der Waals surface area contributed by atoms with Gasteiger partial charge in [-0.2, -0.15) is 0 Å². The molecule has 1 rings (SSSR count). The Bertz CT molecular complexity index is 583. The smallest absolute Gasteiger partial charge is 0.154 e. The van der Waals surface area contributed by atoms with Gasteiger partial charge in [-0.1, -0.05) is 31.9 Å². The summed E-state index contributed by atoms with van der Waals surface area (Å²) in [5.74, 6) is 0. The van der Waals surface area contributed by atoms with E-state index in [9.17, 15) is 8.42 Å². The molecule has 0 bridgehead atoms. The first kappa shape index (κ1) is 17.1. The van der Waals surface area contributed by atoms with Gasteiger partial charge in [0.2, 0.25) is 0 Å². The molecule has 1 unspecified atom stereocenters. The van der Waals surface area contributed by atoms with Crippen molar-refractivity contribution in [2.24, 2.45) is 0 Å². The number of benzene rings is 1. The fraction of sp³-hybridized carbons (Fsp3) is 0.538. The molecule has 6 heteroatoms. The van der Waals surface area contributed by atoms with Crippen LogP contribution in [0.15, 0.2) is 21.1 Å². The first-order valence-corrected chi connectivity index (χ1v) is 9.32. The molecule has 0 spiro atoms. The third-order valence-electron chi connectivity index (χ3n) is 3.53. The minimum atomic E-state index is -3.20. The molecule has 1 aromatic rings. The second-order valence-electron chi connectivity index (χ2n) is 5.22. The van der Waals surface area contributed by atoms with Crippen molar-refractivity contribution < 1.29 is 8.42 Å². The average Bonchev–Trinajstić information content (AvgIpc) is 2.24. The normalized spacial score (nSPS) is 14.5. The summed E-state index contributed by atoms with van der Waals surface area (Å²) in [6.45, 7) is 5.47. The molecule has 0 aromatic heterocycles. The molecule has 1 N–H and O–H groups in total. The largest absolute Gasteiger partial charge is 0.312 e. The molecule has 0 radical (unpaired) electrons. The van der Waals surface area contributed by atoms with Gasteiger partial charge in [-0.15, -0.1) is 0 Å². The summed E-state index contributed by atoms with van der Waals surface area (Å²) in [5, 5.41) is 3.12. The fourth-order valence-electron chi connectivity index (χ4n) is 1.97. The van der Waals surface area contributed by atoms with E-state index >= 15 is 0 Å². The van der Waals surface area contributed by atoms with Crippen molar-refractivity contribution in [3.05, 3.63) is 32.2 Å². The molecule has 0 aliphatic carbocycles. The van der Waals surface area contributed by atoms with Crippen LogP contribution in [0.4, 0.5) is 0 Å². The van der Waals surface area contributed by atoms with Crippen LogP contribution in [0.25, 0.3) is 0 Å². The first-order chi connectivity index (χ1) is 8.52. The highest BCUT2D eigenvalue weighted by atomic mass is 79.9. The van der Waals surface area contributed by atoms with Gasteiger partial charge >= 0.3 is 0 Å². The molecule has 1 aromatic carbocycles. The lowest BCUT2D eigenvalue weighted by Gasteiger charge is -2.33. The molecule has 0 saturated heterocycles. The Hall–Kier alpha value is 0.0900. The summed E-state index contributed by atoms with van der Waals surface area (Å²) in [5.41, 5.74) is 2.03. The summed E-state index contributed by atoms with van der Waals surface area (Å²) in [6.07, 6.45) is 1.27. The van der Waals surface area contributed by atoms with Gasteiger partial charge in [0.25, 0.3) is 0 Å². The summed E-state index contributed by atoms with van der Waals surface area (Å²) in [4.78, 5) is 0. The lowest BCUT2D eigenvalue weighted by Crippen LogP contribution is -2.44. The molecule has 0 aliphatic rings. The zero-order valence-electron chi connectivity index (χ0n) is 11.7. The molecule has 0 saturated carbocycles. The van der Waals surface area contributed by atoms with Crippen molar-refractivity contribution in [1.29, 1.82) is 0 Å². The van der Waals surface area contributed by atoms with E-state index in [0.717, 1.165) is 20.1 Å². The maximum absolute atomic E-state index is 12.0. The maximum Gasteiger partial charge on any atom is 0.154 e. The van der Waals surface area contributed by atoms with Gasteiger partial charge in [-0.25, -0.2) is 8.42 Å². The van der Waals surface area contributed by atoms with E-state index in [2.05, 4.69) is 37.2 Å². The van der Waals surface area contributed by atoms with Crippen molar-refractivity contribution in [3.8, 4) is 0 Å². The van der Waals surface area contributed by atoms with Crippen LogP contribution in [0.1, 0.15) is 31.0 Å². The van der Waals surface area contributed by atoms with Crippen molar-refractivity contribution in [3.63, 3.8) is 0 Å². The Morgan fingerprint density at radius 3 is 2.16 bits per heavy atom. The zero-order valence-corrected chi connectivity index (χ0v) is 15.7. The maximum atomic E-state index is 12.0. The molecule has 1 atom stereocenters. The number of aryl methyl sites for hydroxylation is 1. The highest BCUT2D eigenvalue weighted by molar-refractivity contribution is 9.11. The summed E-state index contributed by atoms with van der Waals surface area (Å²) in [6, 6.07) is 3.66. The lowest BCUT2D eigenvalue weighted by molar-refractivity contribution is 0.445. The lowest BCUT2D eigenvalue weighted by atomic mass is 9.94. The van der Waals surface area contributed by atoms with Crippen LogP contribution in [0.2, 0.25) is 0 Å². The zero-order chi connectivity index (χ0) is 15.0. The molecule has 0 heterocycles. The second kappa shape index (κ2) is 5.84. The Morgan fingerprint density at radius 2 is 1.74 bits per heavy atom. The standard InChI is InChI=1S/C13H19Br2NO2S/c1-8-6-11(15)9(7-10(8)14)12(16-4)13(2,3)19(5,17)18/h6-7,12,16H,1-5H3. The molecule has 3 nitrogen and oxygen atoms in total. The third-order valence-corrected chi connectivity index (χ3v) is 7.22. The van der Waals surface area contributed by atoms with Gasteiger partial charge in [-0.3, -0.25) is 0 Å². The number of nitrogens with one attached hydrogen (secondary N) is 1. The van der Waals surface area contributed by atoms with Gasteiger partial charge in [0.1, 0.15) is 0 Å². The van der Waals surface area contributed by atoms with Gasteiger partial charge in [0.05, 0.1) is 10.8 Å². The Labute approximate surface area is 132 Å². The Morgan fingerprint density at radius 1 is 1.21 bits per heavy atom. The van der Waals surface area contributed by atoms with E-state index in [1.165, 1.54) is 6.26 Å². The second-order valence-corrected chi connectivity index (χ2v) is 9.53. The van der Waals surface area contributed by atoms with Crippen LogP contribution < -0.4 is 5.32 Å². The SMILES string of the molecule is CNC(c1cc(Br)c(C)cc1Br)C(C)(C)S(C)(=O)=O. The predicted molar refractivity (Wildman–Crippen MR) is 87.3 cm³/mol. The van der Waals surface area contributed by atoms with E-state index in [-0.39, 0.29) is 6.04 Å². The monoisotopic (exact) mass is 411 g/mol. The Kier molecular flexibility index (Phi) is 5.26. The number of sulfone groups is 1. The molecular formula is C13H19Br2NO2S. The van der Waals surface area contributed by atoms with E-state index in [1.54, 1.807) is 20.9 Å². The number of halogens is 2. The van der Waals surface area contributed by atoms with Gasteiger partial charge < -0.3 is 5.32 Å². The number of rotatable bonds is 4. The minimum absolute atomic E-state index is 0.297. The van der Waals surface area contributed by atoms with Crippen LogP contribution in [-0.4, -0.2) is 26.5 Å². The average molecular weight is 413 g/mol. The molecule has 108 valence electrons. The van der Waals surface area contributed by atoms with Crippen molar-refractivity contribution in [2.75, 3.05) is 13.3 Å². The minimum Gasteiger partial charge on any atom is -0.312 e. The van der Waals surface area contributed by atoms with Gasteiger partial charge in [0, 0.05) is 15.2 Å². The van der Waals surface area contributed by atoms with E-state index in [4.69, 9.17) is 0 Å². The summed E-state index contributed by atoms with van der Waals surface area (Å²) < 4.78 is 25.0. The van der Waals surface area contributed by atoms with Crippen molar-refractivity contribution in [1.82, 2.24) is 5.32 Å². The summed E-state index contributed by atoms with van der Waals surface area (Å²) in [7, 11) is -1.42. The van der Waals surface area contributed by atoms with Crippen LogP contribution >= 0.6 is 31.9 Å². The van der Waals surface area contributed by atoms with Crippen LogP contribution in [0.3, 0.4) is 0 Å².